The fourth-order valence-electron chi connectivity index (χ4n) is 1.27. The smallest absolute Gasteiger partial charge is 0.183 e. The van der Waals surface area contributed by atoms with E-state index in [9.17, 15) is 5.11 Å². The standard InChI is InChI=1S/C12H7Br3O2/c13-7-1-3-9(4-2-7)17-12-10(15)5-8(14)6-11(12)16/h1-6,16H. The molecule has 0 aliphatic heterocycles. The Morgan fingerprint density at radius 2 is 1.53 bits per heavy atom. The van der Waals surface area contributed by atoms with Crippen molar-refractivity contribution in [2.45, 2.75) is 0 Å². The molecular weight excluding hydrogens is 416 g/mol. The molecule has 0 atom stereocenters. The van der Waals surface area contributed by atoms with Crippen molar-refractivity contribution in [3.05, 3.63) is 49.8 Å². The van der Waals surface area contributed by atoms with E-state index in [1.807, 2.05) is 30.3 Å². The number of aromatic hydroxyl groups is 1. The first-order chi connectivity index (χ1) is 8.06. The minimum absolute atomic E-state index is 0.0779. The molecule has 0 heterocycles. The average molecular weight is 423 g/mol. The summed E-state index contributed by atoms with van der Waals surface area (Å²) >= 11 is 9.98. The fourth-order valence-corrected chi connectivity index (χ4v) is 2.82. The van der Waals surface area contributed by atoms with E-state index < -0.39 is 0 Å². The number of hydrogen-bond acceptors (Lipinski definition) is 2. The molecule has 0 saturated heterocycles. The molecule has 1 N–H and O–H groups in total. The van der Waals surface area contributed by atoms with E-state index >= 15 is 0 Å². The molecule has 0 amide bonds. The highest BCUT2D eigenvalue weighted by Crippen LogP contribution is 2.40. The van der Waals surface area contributed by atoms with Gasteiger partial charge in [-0.1, -0.05) is 31.9 Å². The highest BCUT2D eigenvalue weighted by Gasteiger charge is 2.10. The molecule has 17 heavy (non-hydrogen) atoms. The minimum Gasteiger partial charge on any atom is -0.504 e. The second-order valence-corrected chi connectivity index (χ2v) is 5.98. The molecule has 0 saturated carbocycles. The van der Waals surface area contributed by atoms with Gasteiger partial charge in [0.1, 0.15) is 5.75 Å². The lowest BCUT2D eigenvalue weighted by Gasteiger charge is -2.10. The van der Waals surface area contributed by atoms with Crippen molar-refractivity contribution in [1.29, 1.82) is 0 Å². The van der Waals surface area contributed by atoms with Crippen molar-refractivity contribution in [1.82, 2.24) is 0 Å². The summed E-state index contributed by atoms with van der Waals surface area (Å²) in [5.41, 5.74) is 0. The van der Waals surface area contributed by atoms with Crippen LogP contribution in [0.5, 0.6) is 17.2 Å². The largest absolute Gasteiger partial charge is 0.504 e. The van der Waals surface area contributed by atoms with Crippen LogP contribution in [0.1, 0.15) is 0 Å². The van der Waals surface area contributed by atoms with Crippen molar-refractivity contribution in [2.24, 2.45) is 0 Å². The summed E-state index contributed by atoms with van der Waals surface area (Å²) in [4.78, 5) is 0. The lowest BCUT2D eigenvalue weighted by atomic mass is 10.3. The second-order valence-electron chi connectivity index (χ2n) is 3.29. The Morgan fingerprint density at radius 3 is 2.12 bits per heavy atom. The number of ether oxygens (including phenoxy) is 1. The monoisotopic (exact) mass is 420 g/mol. The van der Waals surface area contributed by atoms with E-state index in [4.69, 9.17) is 4.74 Å². The van der Waals surface area contributed by atoms with E-state index in [0.717, 1.165) is 8.95 Å². The zero-order valence-electron chi connectivity index (χ0n) is 8.45. The molecular formula is C12H7Br3O2. The predicted molar refractivity (Wildman–Crippen MR) is 77.7 cm³/mol. The molecule has 0 unspecified atom stereocenters. The molecule has 0 radical (unpaired) electrons. The third-order valence-corrected chi connectivity index (χ3v) is 3.60. The maximum atomic E-state index is 9.79. The molecule has 2 aromatic rings. The van der Waals surface area contributed by atoms with Gasteiger partial charge >= 0.3 is 0 Å². The van der Waals surface area contributed by atoms with E-state index in [1.54, 1.807) is 6.07 Å². The lowest BCUT2D eigenvalue weighted by Crippen LogP contribution is -1.86. The predicted octanol–water partition coefficient (Wildman–Crippen LogP) is 5.47. The fraction of sp³-hybridized carbons (Fsp3) is 0. The first kappa shape index (κ1) is 12.9. The molecule has 5 heteroatoms. The molecule has 0 bridgehead atoms. The minimum atomic E-state index is 0.0779. The molecule has 0 spiro atoms. The van der Waals surface area contributed by atoms with Crippen molar-refractivity contribution < 1.29 is 9.84 Å². The summed E-state index contributed by atoms with van der Waals surface area (Å²) < 4.78 is 8.06. The van der Waals surface area contributed by atoms with Crippen LogP contribution in [0.15, 0.2) is 49.8 Å². The summed E-state index contributed by atoms with van der Waals surface area (Å²) in [5.74, 6) is 1.14. The van der Waals surface area contributed by atoms with Crippen LogP contribution in [0.4, 0.5) is 0 Å². The maximum Gasteiger partial charge on any atom is 0.183 e. The molecule has 88 valence electrons. The van der Waals surface area contributed by atoms with Gasteiger partial charge in [-0.2, -0.15) is 0 Å². The van der Waals surface area contributed by atoms with Gasteiger partial charge in [0.25, 0.3) is 0 Å². The van der Waals surface area contributed by atoms with Gasteiger partial charge in [0.15, 0.2) is 11.5 Å². The molecule has 0 aromatic heterocycles. The molecule has 2 rings (SSSR count). The van der Waals surface area contributed by atoms with Gasteiger partial charge in [-0.05, 0) is 52.3 Å². The van der Waals surface area contributed by atoms with Gasteiger partial charge in [0, 0.05) is 8.95 Å². The van der Waals surface area contributed by atoms with E-state index in [1.165, 1.54) is 0 Å². The first-order valence-corrected chi connectivity index (χ1v) is 7.05. The SMILES string of the molecule is Oc1cc(Br)cc(Br)c1Oc1ccc(Br)cc1. The summed E-state index contributed by atoms with van der Waals surface area (Å²) in [6.45, 7) is 0. The van der Waals surface area contributed by atoms with Gasteiger partial charge < -0.3 is 9.84 Å². The Bertz CT molecular complexity index is 515. The van der Waals surface area contributed by atoms with Gasteiger partial charge in [-0.3, -0.25) is 0 Å². The number of benzene rings is 2. The zero-order valence-corrected chi connectivity index (χ0v) is 13.2. The van der Waals surface area contributed by atoms with Crippen LogP contribution in [-0.4, -0.2) is 5.11 Å². The third-order valence-electron chi connectivity index (χ3n) is 2.02. The Morgan fingerprint density at radius 1 is 0.882 bits per heavy atom. The van der Waals surface area contributed by atoms with Crippen molar-refractivity contribution in [3.8, 4) is 17.2 Å². The van der Waals surface area contributed by atoms with Crippen LogP contribution in [0, 0.1) is 0 Å². The molecule has 2 aromatic carbocycles. The summed E-state index contributed by atoms with van der Waals surface area (Å²) in [5, 5.41) is 9.79. The van der Waals surface area contributed by atoms with Crippen LogP contribution in [-0.2, 0) is 0 Å². The van der Waals surface area contributed by atoms with Crippen molar-refractivity contribution >= 4 is 47.8 Å². The highest BCUT2D eigenvalue weighted by atomic mass is 79.9. The van der Waals surface area contributed by atoms with Gasteiger partial charge in [0.05, 0.1) is 4.47 Å². The first-order valence-electron chi connectivity index (χ1n) is 4.67. The van der Waals surface area contributed by atoms with Crippen molar-refractivity contribution in [2.75, 3.05) is 0 Å². The van der Waals surface area contributed by atoms with E-state index in [2.05, 4.69) is 47.8 Å². The normalized spacial score (nSPS) is 10.3. The highest BCUT2D eigenvalue weighted by molar-refractivity contribution is 9.11. The molecule has 0 fully saturated rings. The zero-order chi connectivity index (χ0) is 12.4. The van der Waals surface area contributed by atoms with Crippen LogP contribution in [0.2, 0.25) is 0 Å². The lowest BCUT2D eigenvalue weighted by molar-refractivity contribution is 0.409. The van der Waals surface area contributed by atoms with Crippen LogP contribution >= 0.6 is 47.8 Å². The average Bonchev–Trinajstić information content (AvgIpc) is 2.26. The van der Waals surface area contributed by atoms with Gasteiger partial charge in [-0.25, -0.2) is 0 Å². The number of hydrogen-bond donors (Lipinski definition) is 1. The quantitative estimate of drug-likeness (QED) is 0.695. The molecule has 0 aliphatic rings. The number of rotatable bonds is 2. The topological polar surface area (TPSA) is 29.5 Å². The number of phenolic OH excluding ortho intramolecular Hbond substituents is 1. The third kappa shape index (κ3) is 3.24. The van der Waals surface area contributed by atoms with Crippen LogP contribution < -0.4 is 4.74 Å². The van der Waals surface area contributed by atoms with E-state index in [-0.39, 0.29) is 5.75 Å². The van der Waals surface area contributed by atoms with Crippen LogP contribution in [0.3, 0.4) is 0 Å². The van der Waals surface area contributed by atoms with Crippen molar-refractivity contribution in [3.63, 3.8) is 0 Å². The summed E-state index contributed by atoms with van der Waals surface area (Å²) in [6, 6.07) is 10.8. The number of halogens is 3. The summed E-state index contributed by atoms with van der Waals surface area (Å²) in [7, 11) is 0. The van der Waals surface area contributed by atoms with Gasteiger partial charge in [-0.15, -0.1) is 0 Å². The Kier molecular flexibility index (Phi) is 4.12. The second kappa shape index (κ2) is 5.42. The molecule has 0 aliphatic carbocycles. The van der Waals surface area contributed by atoms with Crippen LogP contribution in [0.25, 0.3) is 0 Å². The van der Waals surface area contributed by atoms with Gasteiger partial charge in [0.2, 0.25) is 0 Å². The maximum absolute atomic E-state index is 9.79. The Balaban J connectivity index is 2.33. The summed E-state index contributed by atoms with van der Waals surface area (Å²) in [6.07, 6.45) is 0. The Hall–Kier alpha value is -0.520. The number of phenols is 1. The molecule has 2 nitrogen and oxygen atoms in total. The van der Waals surface area contributed by atoms with E-state index in [0.29, 0.717) is 16.0 Å². The Labute approximate surface area is 124 Å².